The van der Waals surface area contributed by atoms with Gasteiger partial charge in [0.05, 0.1) is 11.4 Å². The van der Waals surface area contributed by atoms with Gasteiger partial charge in [0.25, 0.3) is 0 Å². The Labute approximate surface area is 101 Å². The summed E-state index contributed by atoms with van der Waals surface area (Å²) in [5, 5.41) is 4.34. The molecule has 3 nitrogen and oxygen atoms in total. The van der Waals surface area contributed by atoms with Crippen LogP contribution >= 0.6 is 11.8 Å². The summed E-state index contributed by atoms with van der Waals surface area (Å²) in [4.78, 5) is 8.84. The van der Waals surface area contributed by atoms with E-state index in [4.69, 9.17) is 0 Å². The lowest BCUT2D eigenvalue weighted by Crippen LogP contribution is -2.18. The molecule has 1 aromatic rings. The van der Waals surface area contributed by atoms with E-state index in [-0.39, 0.29) is 0 Å². The van der Waals surface area contributed by atoms with Crippen molar-refractivity contribution < 1.29 is 0 Å². The second kappa shape index (κ2) is 5.04. The van der Waals surface area contributed by atoms with Crippen LogP contribution in [-0.2, 0) is 0 Å². The summed E-state index contributed by atoms with van der Waals surface area (Å²) < 4.78 is 0. The molecule has 0 saturated heterocycles. The van der Waals surface area contributed by atoms with Crippen molar-refractivity contribution >= 4 is 17.6 Å². The molecule has 0 unspecified atom stereocenters. The predicted octanol–water partition coefficient (Wildman–Crippen LogP) is 2.79. The Morgan fingerprint density at radius 1 is 1.38 bits per heavy atom. The number of nitrogens with zero attached hydrogens (tertiary/aromatic N) is 2. The van der Waals surface area contributed by atoms with E-state index in [2.05, 4.69) is 21.5 Å². The second-order valence-electron chi connectivity index (χ2n) is 4.46. The van der Waals surface area contributed by atoms with Crippen molar-refractivity contribution in [2.24, 2.45) is 0 Å². The molecule has 1 fully saturated rings. The summed E-state index contributed by atoms with van der Waals surface area (Å²) in [6.45, 7) is 3.99. The smallest absolute Gasteiger partial charge is 0.147 e. The Morgan fingerprint density at radius 3 is 2.88 bits per heavy atom. The minimum atomic E-state index is 0.576. The van der Waals surface area contributed by atoms with Crippen LogP contribution in [0, 0.1) is 13.8 Å². The van der Waals surface area contributed by atoms with E-state index < -0.39 is 0 Å². The third-order valence-corrected chi connectivity index (χ3v) is 4.23. The summed E-state index contributed by atoms with van der Waals surface area (Å²) >= 11 is 1.98. The number of hydrogen-bond acceptors (Lipinski definition) is 4. The molecule has 1 aromatic heterocycles. The second-order valence-corrected chi connectivity index (χ2v) is 5.60. The Bertz CT molecular complexity index is 367. The fourth-order valence-electron chi connectivity index (χ4n) is 2.15. The fourth-order valence-corrected chi connectivity index (χ4v) is 2.95. The summed E-state index contributed by atoms with van der Waals surface area (Å²) in [5.74, 6) is 0.965. The average molecular weight is 237 g/mol. The van der Waals surface area contributed by atoms with Gasteiger partial charge in [-0.2, -0.15) is 11.8 Å². The van der Waals surface area contributed by atoms with Gasteiger partial charge in [0, 0.05) is 17.5 Å². The fraction of sp³-hybridized carbons (Fsp3) is 0.667. The average Bonchev–Trinajstić information content (AvgIpc) is 2.71. The molecular formula is C12H19N3S. The molecule has 1 N–H and O–H groups in total. The lowest BCUT2D eigenvalue weighted by atomic mass is 10.2. The first-order valence-electron chi connectivity index (χ1n) is 5.78. The van der Waals surface area contributed by atoms with Crippen molar-refractivity contribution in [3.8, 4) is 0 Å². The first-order chi connectivity index (χ1) is 7.69. The topological polar surface area (TPSA) is 37.8 Å². The zero-order chi connectivity index (χ0) is 11.5. The van der Waals surface area contributed by atoms with Crippen LogP contribution in [0.25, 0.3) is 0 Å². The molecule has 0 aliphatic heterocycles. The van der Waals surface area contributed by atoms with Crippen LogP contribution in [0.2, 0.25) is 0 Å². The third-order valence-electron chi connectivity index (χ3n) is 3.13. The Morgan fingerprint density at radius 2 is 2.19 bits per heavy atom. The molecule has 0 aromatic carbocycles. The number of aromatic nitrogens is 2. The summed E-state index contributed by atoms with van der Waals surface area (Å²) in [7, 11) is 0. The van der Waals surface area contributed by atoms with Gasteiger partial charge in [-0.3, -0.25) is 4.98 Å². The highest BCUT2D eigenvalue weighted by atomic mass is 32.2. The van der Waals surface area contributed by atoms with Crippen LogP contribution in [0.1, 0.15) is 30.7 Å². The molecule has 0 amide bonds. The maximum Gasteiger partial charge on any atom is 0.147 e. The van der Waals surface area contributed by atoms with Gasteiger partial charge < -0.3 is 5.32 Å². The largest absolute Gasteiger partial charge is 0.366 e. The minimum Gasteiger partial charge on any atom is -0.366 e. The van der Waals surface area contributed by atoms with Crippen LogP contribution in [0.4, 0.5) is 5.82 Å². The maximum absolute atomic E-state index is 4.51. The summed E-state index contributed by atoms with van der Waals surface area (Å²) in [5.41, 5.74) is 1.98. The third kappa shape index (κ3) is 2.67. The van der Waals surface area contributed by atoms with E-state index in [1.54, 1.807) is 0 Å². The van der Waals surface area contributed by atoms with Crippen molar-refractivity contribution in [2.75, 3.05) is 11.6 Å². The van der Waals surface area contributed by atoms with E-state index in [0.717, 1.165) is 22.5 Å². The number of thioether (sulfide) groups is 1. The van der Waals surface area contributed by atoms with E-state index in [1.165, 1.54) is 19.3 Å². The molecule has 0 radical (unpaired) electrons. The molecule has 1 saturated carbocycles. The molecule has 1 aliphatic rings. The number of rotatable bonds is 3. The molecule has 0 bridgehead atoms. The first-order valence-corrected chi connectivity index (χ1v) is 7.07. The van der Waals surface area contributed by atoms with Gasteiger partial charge in [0.2, 0.25) is 0 Å². The monoisotopic (exact) mass is 237 g/mol. The molecule has 1 heterocycles. The highest BCUT2D eigenvalue weighted by Gasteiger charge is 2.24. The molecule has 2 atom stereocenters. The van der Waals surface area contributed by atoms with Crippen molar-refractivity contribution in [2.45, 2.75) is 44.4 Å². The Kier molecular flexibility index (Phi) is 3.69. The normalized spacial score (nSPS) is 24.7. The van der Waals surface area contributed by atoms with Gasteiger partial charge in [-0.05, 0) is 39.4 Å². The van der Waals surface area contributed by atoms with Gasteiger partial charge >= 0.3 is 0 Å². The molecule has 2 rings (SSSR count). The Hall–Kier alpha value is -0.770. The number of anilines is 1. The molecule has 16 heavy (non-hydrogen) atoms. The van der Waals surface area contributed by atoms with Crippen LogP contribution in [0.5, 0.6) is 0 Å². The van der Waals surface area contributed by atoms with Gasteiger partial charge in [0.1, 0.15) is 5.82 Å². The lowest BCUT2D eigenvalue weighted by Gasteiger charge is -2.15. The van der Waals surface area contributed by atoms with E-state index in [0.29, 0.717) is 6.04 Å². The van der Waals surface area contributed by atoms with Crippen molar-refractivity contribution in [3.63, 3.8) is 0 Å². The SMILES string of the molecule is CS[C@@H]1CC[C@H](Nc2nc(C)cnc2C)C1. The van der Waals surface area contributed by atoms with E-state index in [1.807, 2.05) is 31.8 Å². The first kappa shape index (κ1) is 11.7. The molecule has 4 heteroatoms. The van der Waals surface area contributed by atoms with Crippen LogP contribution < -0.4 is 5.32 Å². The van der Waals surface area contributed by atoms with Gasteiger partial charge in [-0.25, -0.2) is 4.98 Å². The zero-order valence-electron chi connectivity index (χ0n) is 10.2. The lowest BCUT2D eigenvalue weighted by molar-refractivity contribution is 0.748. The number of nitrogens with one attached hydrogen (secondary N) is 1. The van der Waals surface area contributed by atoms with Crippen molar-refractivity contribution in [3.05, 3.63) is 17.6 Å². The zero-order valence-corrected chi connectivity index (χ0v) is 11.0. The van der Waals surface area contributed by atoms with Crippen LogP contribution in [0.3, 0.4) is 0 Å². The van der Waals surface area contributed by atoms with Crippen LogP contribution in [0.15, 0.2) is 6.20 Å². The summed E-state index contributed by atoms with van der Waals surface area (Å²) in [6, 6.07) is 0.576. The van der Waals surface area contributed by atoms with E-state index in [9.17, 15) is 0 Å². The minimum absolute atomic E-state index is 0.576. The molecule has 88 valence electrons. The number of aryl methyl sites for hydroxylation is 2. The van der Waals surface area contributed by atoms with Gasteiger partial charge in [-0.15, -0.1) is 0 Å². The molecular weight excluding hydrogens is 218 g/mol. The van der Waals surface area contributed by atoms with E-state index >= 15 is 0 Å². The summed E-state index contributed by atoms with van der Waals surface area (Å²) in [6.07, 6.45) is 7.83. The van der Waals surface area contributed by atoms with Crippen molar-refractivity contribution in [1.82, 2.24) is 9.97 Å². The highest BCUT2D eigenvalue weighted by Crippen LogP contribution is 2.30. The Balaban J connectivity index is 2.01. The van der Waals surface area contributed by atoms with Crippen LogP contribution in [-0.4, -0.2) is 27.5 Å². The van der Waals surface area contributed by atoms with Gasteiger partial charge in [-0.1, -0.05) is 0 Å². The molecule has 0 spiro atoms. The number of hydrogen-bond donors (Lipinski definition) is 1. The predicted molar refractivity (Wildman–Crippen MR) is 70.1 cm³/mol. The maximum atomic E-state index is 4.51. The highest BCUT2D eigenvalue weighted by molar-refractivity contribution is 7.99. The van der Waals surface area contributed by atoms with Crippen molar-refractivity contribution in [1.29, 1.82) is 0 Å². The quantitative estimate of drug-likeness (QED) is 0.877. The molecule has 1 aliphatic carbocycles. The standard InChI is InChI=1S/C12H19N3S/c1-8-7-13-9(2)12(14-8)15-10-4-5-11(6-10)16-3/h7,10-11H,4-6H2,1-3H3,(H,14,15)/t10-,11+/m0/s1. The van der Waals surface area contributed by atoms with Gasteiger partial charge in [0.15, 0.2) is 0 Å².